The Bertz CT molecular complexity index is 1420. The molecule has 1 atom stereocenters. The monoisotopic (exact) mass is 445 g/mol. The number of hydrogen-bond acceptors (Lipinski definition) is 5. The Labute approximate surface area is 187 Å². The number of aliphatic hydroxyl groups excluding tert-OH is 1. The number of anilines is 1. The van der Waals surface area contributed by atoms with E-state index in [9.17, 15) is 19.5 Å². The number of aliphatic hydroxyl groups is 1. The molecular formula is C24H16ClN3O4. The molecule has 3 aromatic carbocycles. The molecule has 1 aromatic heterocycles. The van der Waals surface area contributed by atoms with Gasteiger partial charge in [-0.25, -0.2) is 9.88 Å². The minimum absolute atomic E-state index is 0.138. The van der Waals surface area contributed by atoms with Gasteiger partial charge < -0.3 is 5.11 Å². The molecule has 1 N–H and O–H groups in total. The van der Waals surface area contributed by atoms with Crippen molar-refractivity contribution in [1.82, 2.24) is 9.55 Å². The third kappa shape index (κ3) is 3.02. The van der Waals surface area contributed by atoms with Crippen LogP contribution in [0.3, 0.4) is 0 Å². The lowest BCUT2D eigenvalue weighted by Gasteiger charge is -2.13. The van der Waals surface area contributed by atoms with Crippen LogP contribution in [-0.4, -0.2) is 32.4 Å². The Hall–Kier alpha value is -3.81. The van der Waals surface area contributed by atoms with Gasteiger partial charge in [0.25, 0.3) is 17.7 Å². The second kappa shape index (κ2) is 7.40. The van der Waals surface area contributed by atoms with Gasteiger partial charge in [0.05, 0.1) is 27.8 Å². The third-order valence-corrected chi connectivity index (χ3v) is 5.63. The van der Waals surface area contributed by atoms with E-state index in [1.165, 1.54) is 29.7 Å². The molecule has 0 fully saturated rings. The fraction of sp³-hybridized carbons (Fsp3) is 0.0833. The molecule has 0 spiro atoms. The largest absolute Gasteiger partial charge is 0.385 e. The summed E-state index contributed by atoms with van der Waals surface area (Å²) in [5, 5.41) is 10.6. The van der Waals surface area contributed by atoms with E-state index in [0.29, 0.717) is 21.7 Å². The van der Waals surface area contributed by atoms with E-state index in [4.69, 9.17) is 11.6 Å². The molecule has 158 valence electrons. The van der Waals surface area contributed by atoms with Crippen LogP contribution in [0.4, 0.5) is 5.69 Å². The molecular weight excluding hydrogens is 430 g/mol. The summed E-state index contributed by atoms with van der Waals surface area (Å²) in [5.41, 5.74) is 2.06. The molecule has 2 amide bonds. The maximum Gasteiger partial charge on any atom is 0.266 e. The Morgan fingerprint density at radius 2 is 1.66 bits per heavy atom. The maximum atomic E-state index is 13.4. The Morgan fingerprint density at radius 1 is 0.969 bits per heavy atom. The molecule has 1 aliphatic rings. The van der Waals surface area contributed by atoms with Crippen LogP contribution in [0.2, 0.25) is 5.02 Å². The average Bonchev–Trinajstić information content (AvgIpc) is 3.30. The number of carbonyl (C=O) groups excluding carboxylic acids is 3. The van der Waals surface area contributed by atoms with Crippen molar-refractivity contribution >= 4 is 46.0 Å². The third-order valence-electron chi connectivity index (χ3n) is 5.38. The summed E-state index contributed by atoms with van der Waals surface area (Å²) in [5.74, 6) is -1.25. The van der Waals surface area contributed by atoms with Crippen molar-refractivity contribution in [3.8, 4) is 0 Å². The van der Waals surface area contributed by atoms with E-state index in [0.717, 1.165) is 4.90 Å². The topological polar surface area (TPSA) is 92.5 Å². The fourth-order valence-electron chi connectivity index (χ4n) is 3.87. The van der Waals surface area contributed by atoms with Crippen molar-refractivity contribution in [2.75, 3.05) is 4.90 Å². The zero-order chi connectivity index (χ0) is 22.6. The van der Waals surface area contributed by atoms with E-state index in [1.807, 2.05) is 0 Å². The van der Waals surface area contributed by atoms with Crippen molar-refractivity contribution in [2.24, 2.45) is 0 Å². The lowest BCUT2D eigenvalue weighted by atomic mass is 10.1. The first-order valence-corrected chi connectivity index (χ1v) is 10.2. The highest BCUT2D eigenvalue weighted by Crippen LogP contribution is 2.31. The first-order valence-electron chi connectivity index (χ1n) is 9.85. The first-order chi connectivity index (χ1) is 15.4. The standard InChI is InChI=1S/C24H16ClN3O4/c1-13(29)21-26-19-4-2-3-5-20(19)28(21)22(30)14-6-11-17-18(12-14)24(32)27(23(17)31)16-9-7-15(25)8-10-16/h2-13,29H,1H3/t13-/m0/s1. The molecule has 5 rings (SSSR count). The first kappa shape index (κ1) is 20.1. The molecule has 0 unspecified atom stereocenters. The van der Waals surface area contributed by atoms with Crippen molar-refractivity contribution in [3.63, 3.8) is 0 Å². The van der Waals surface area contributed by atoms with Crippen LogP contribution in [-0.2, 0) is 0 Å². The Morgan fingerprint density at radius 3 is 2.38 bits per heavy atom. The number of halogens is 1. The van der Waals surface area contributed by atoms with Gasteiger partial charge in [0.2, 0.25) is 0 Å². The van der Waals surface area contributed by atoms with E-state index >= 15 is 0 Å². The summed E-state index contributed by atoms with van der Waals surface area (Å²) >= 11 is 5.91. The van der Waals surface area contributed by atoms with Crippen molar-refractivity contribution < 1.29 is 19.5 Å². The zero-order valence-corrected chi connectivity index (χ0v) is 17.6. The highest BCUT2D eigenvalue weighted by Gasteiger charge is 2.37. The summed E-state index contributed by atoms with van der Waals surface area (Å²) in [7, 11) is 0. The van der Waals surface area contributed by atoms with Gasteiger partial charge >= 0.3 is 0 Å². The molecule has 0 aliphatic carbocycles. The molecule has 2 heterocycles. The van der Waals surface area contributed by atoms with Gasteiger partial charge in [-0.3, -0.25) is 19.0 Å². The lowest BCUT2D eigenvalue weighted by Crippen LogP contribution is -2.29. The number of imide groups is 1. The predicted octanol–water partition coefficient (Wildman–Crippen LogP) is 4.23. The van der Waals surface area contributed by atoms with Crippen LogP contribution in [0.15, 0.2) is 66.7 Å². The van der Waals surface area contributed by atoms with Gasteiger partial charge in [-0.1, -0.05) is 23.7 Å². The van der Waals surface area contributed by atoms with E-state index in [-0.39, 0.29) is 22.5 Å². The van der Waals surface area contributed by atoms with Crippen LogP contribution < -0.4 is 4.90 Å². The van der Waals surface area contributed by atoms with Crippen LogP contribution in [0.1, 0.15) is 49.9 Å². The molecule has 0 saturated carbocycles. The molecule has 32 heavy (non-hydrogen) atoms. The minimum atomic E-state index is -0.982. The number of aromatic nitrogens is 2. The molecule has 4 aromatic rings. The van der Waals surface area contributed by atoms with Gasteiger partial charge in [0.1, 0.15) is 11.9 Å². The van der Waals surface area contributed by atoms with Crippen molar-refractivity contribution in [1.29, 1.82) is 0 Å². The quantitative estimate of drug-likeness (QED) is 0.476. The lowest BCUT2D eigenvalue weighted by molar-refractivity contribution is 0.0923. The number of nitrogens with zero attached hydrogens (tertiary/aromatic N) is 3. The van der Waals surface area contributed by atoms with E-state index < -0.39 is 23.8 Å². The van der Waals surface area contributed by atoms with Crippen LogP contribution in [0, 0.1) is 0 Å². The number of carbonyl (C=O) groups is 3. The second-order valence-electron chi connectivity index (χ2n) is 7.46. The number of amides is 2. The van der Waals surface area contributed by atoms with Gasteiger partial charge in [-0.05, 0) is 61.5 Å². The number of para-hydroxylation sites is 2. The van der Waals surface area contributed by atoms with Gasteiger partial charge in [0, 0.05) is 10.6 Å². The van der Waals surface area contributed by atoms with Crippen LogP contribution in [0.5, 0.6) is 0 Å². The summed E-state index contributed by atoms with van der Waals surface area (Å²) in [6, 6.07) is 17.8. The fourth-order valence-corrected chi connectivity index (χ4v) is 3.99. The van der Waals surface area contributed by atoms with Gasteiger partial charge in [-0.15, -0.1) is 0 Å². The van der Waals surface area contributed by atoms with Crippen LogP contribution in [0.25, 0.3) is 11.0 Å². The highest BCUT2D eigenvalue weighted by atomic mass is 35.5. The summed E-state index contributed by atoms with van der Waals surface area (Å²) in [4.78, 5) is 44.7. The highest BCUT2D eigenvalue weighted by molar-refractivity contribution is 6.35. The minimum Gasteiger partial charge on any atom is -0.385 e. The number of hydrogen-bond donors (Lipinski definition) is 1. The summed E-state index contributed by atoms with van der Waals surface area (Å²) < 4.78 is 1.33. The van der Waals surface area contributed by atoms with Crippen molar-refractivity contribution in [2.45, 2.75) is 13.0 Å². The average molecular weight is 446 g/mol. The molecule has 1 aliphatic heterocycles. The molecule has 0 bridgehead atoms. The number of benzene rings is 3. The normalized spacial score (nSPS) is 14.2. The molecule has 7 nitrogen and oxygen atoms in total. The predicted molar refractivity (Wildman–Crippen MR) is 119 cm³/mol. The molecule has 0 saturated heterocycles. The van der Waals surface area contributed by atoms with Gasteiger partial charge in [0.15, 0.2) is 0 Å². The molecule has 8 heteroatoms. The summed E-state index contributed by atoms with van der Waals surface area (Å²) in [6.45, 7) is 1.53. The Balaban J connectivity index is 1.58. The van der Waals surface area contributed by atoms with Crippen molar-refractivity contribution in [3.05, 3.63) is 94.3 Å². The number of imidazole rings is 1. The maximum absolute atomic E-state index is 13.4. The van der Waals surface area contributed by atoms with Crippen LogP contribution >= 0.6 is 11.6 Å². The molecule has 0 radical (unpaired) electrons. The smallest absolute Gasteiger partial charge is 0.266 e. The second-order valence-corrected chi connectivity index (χ2v) is 7.89. The zero-order valence-electron chi connectivity index (χ0n) is 16.8. The Kier molecular flexibility index (Phi) is 4.65. The van der Waals surface area contributed by atoms with E-state index in [2.05, 4.69) is 4.98 Å². The summed E-state index contributed by atoms with van der Waals surface area (Å²) in [6.07, 6.45) is -0.982. The number of fused-ring (bicyclic) bond motifs is 2. The number of rotatable bonds is 3. The SMILES string of the molecule is C[C@H](O)c1nc2ccccc2n1C(=O)c1ccc2c(c1)C(=O)N(c1ccc(Cl)cc1)C2=O. The van der Waals surface area contributed by atoms with E-state index in [1.54, 1.807) is 48.5 Å². The van der Waals surface area contributed by atoms with Gasteiger partial charge in [-0.2, -0.15) is 0 Å².